The molecule has 0 unspecified atom stereocenters. The van der Waals surface area contributed by atoms with Gasteiger partial charge in [-0.25, -0.2) is 0 Å². The van der Waals surface area contributed by atoms with Crippen LogP contribution in [0.5, 0.6) is 5.75 Å². The number of ether oxygens (including phenoxy) is 1. The summed E-state index contributed by atoms with van der Waals surface area (Å²) in [5.74, 6) is 0.696. The van der Waals surface area contributed by atoms with Gasteiger partial charge in [0.25, 0.3) is 0 Å². The van der Waals surface area contributed by atoms with Gasteiger partial charge in [-0.3, -0.25) is 9.48 Å². The van der Waals surface area contributed by atoms with Crippen molar-refractivity contribution >= 4 is 11.9 Å². The van der Waals surface area contributed by atoms with Gasteiger partial charge in [0.15, 0.2) is 5.78 Å². The van der Waals surface area contributed by atoms with Crippen molar-refractivity contribution < 1.29 is 9.53 Å². The van der Waals surface area contributed by atoms with Crippen molar-refractivity contribution in [2.24, 2.45) is 0 Å². The van der Waals surface area contributed by atoms with Gasteiger partial charge in [0.05, 0.1) is 19.3 Å². The van der Waals surface area contributed by atoms with Crippen LogP contribution in [0.2, 0.25) is 0 Å². The number of hydrogen-bond donors (Lipinski definition) is 0. The molecule has 0 atom stereocenters. The largest absolute Gasteiger partial charge is 0.497 e. The zero-order valence-corrected chi connectivity index (χ0v) is 15.3. The molecule has 1 heterocycles. The SMILES string of the molecule is COc1ccc(C(=O)C=Cc2c(C)nn(Cc3ccccc3)c2C)cc1. The average molecular weight is 346 g/mol. The van der Waals surface area contributed by atoms with E-state index in [1.807, 2.05) is 42.8 Å². The Balaban J connectivity index is 1.78. The Morgan fingerprint density at radius 1 is 1.08 bits per heavy atom. The molecule has 3 rings (SSSR count). The lowest BCUT2D eigenvalue weighted by Crippen LogP contribution is -2.03. The van der Waals surface area contributed by atoms with Gasteiger partial charge in [-0.1, -0.05) is 30.3 Å². The van der Waals surface area contributed by atoms with Crippen LogP contribution in [0.25, 0.3) is 6.08 Å². The third-order valence-corrected chi connectivity index (χ3v) is 4.39. The third-order valence-electron chi connectivity index (χ3n) is 4.39. The summed E-state index contributed by atoms with van der Waals surface area (Å²) in [5, 5.41) is 4.62. The molecule has 0 saturated carbocycles. The highest BCUT2D eigenvalue weighted by molar-refractivity contribution is 6.06. The Bertz CT molecular complexity index is 923. The fraction of sp³-hybridized carbons (Fsp3) is 0.182. The smallest absolute Gasteiger partial charge is 0.185 e. The quantitative estimate of drug-likeness (QED) is 0.489. The minimum absolute atomic E-state index is 0.0396. The molecule has 26 heavy (non-hydrogen) atoms. The highest BCUT2D eigenvalue weighted by atomic mass is 16.5. The first-order chi connectivity index (χ1) is 12.6. The van der Waals surface area contributed by atoms with Crippen molar-refractivity contribution in [3.63, 3.8) is 0 Å². The number of methoxy groups -OCH3 is 1. The number of benzene rings is 2. The van der Waals surface area contributed by atoms with Crippen LogP contribution in [0.1, 0.15) is 32.9 Å². The van der Waals surface area contributed by atoms with Crippen molar-refractivity contribution in [2.75, 3.05) is 7.11 Å². The fourth-order valence-electron chi connectivity index (χ4n) is 2.87. The molecule has 0 aliphatic heterocycles. The standard InChI is InChI=1S/C22H22N2O2/c1-16-21(13-14-22(25)19-9-11-20(26-3)12-10-19)17(2)24(23-16)15-18-7-5-4-6-8-18/h4-14H,15H2,1-3H3. The number of ketones is 1. The molecule has 0 N–H and O–H groups in total. The number of rotatable bonds is 6. The molecule has 0 radical (unpaired) electrons. The van der Waals surface area contributed by atoms with Gasteiger partial charge >= 0.3 is 0 Å². The van der Waals surface area contributed by atoms with E-state index >= 15 is 0 Å². The highest BCUT2D eigenvalue weighted by Crippen LogP contribution is 2.18. The van der Waals surface area contributed by atoms with E-state index in [0.717, 1.165) is 22.7 Å². The van der Waals surface area contributed by atoms with E-state index in [0.29, 0.717) is 12.1 Å². The Morgan fingerprint density at radius 3 is 2.42 bits per heavy atom. The molecule has 0 amide bonds. The Labute approximate surface area is 153 Å². The lowest BCUT2D eigenvalue weighted by Gasteiger charge is -2.04. The van der Waals surface area contributed by atoms with Crippen LogP contribution in [0.4, 0.5) is 0 Å². The second-order valence-electron chi connectivity index (χ2n) is 6.15. The molecule has 0 spiro atoms. The number of allylic oxidation sites excluding steroid dienone is 1. The molecule has 132 valence electrons. The summed E-state index contributed by atoms with van der Waals surface area (Å²) in [6.07, 6.45) is 3.46. The van der Waals surface area contributed by atoms with Crippen LogP contribution in [0.3, 0.4) is 0 Å². The first-order valence-electron chi connectivity index (χ1n) is 8.53. The first-order valence-corrected chi connectivity index (χ1v) is 8.53. The van der Waals surface area contributed by atoms with E-state index in [2.05, 4.69) is 17.2 Å². The number of nitrogens with zero attached hydrogens (tertiary/aromatic N) is 2. The maximum atomic E-state index is 12.4. The lowest BCUT2D eigenvalue weighted by molar-refractivity contribution is 0.104. The highest BCUT2D eigenvalue weighted by Gasteiger charge is 2.10. The van der Waals surface area contributed by atoms with Crippen LogP contribution in [0.15, 0.2) is 60.7 Å². The van der Waals surface area contributed by atoms with Crippen molar-refractivity contribution in [1.29, 1.82) is 0 Å². The summed E-state index contributed by atoms with van der Waals surface area (Å²) < 4.78 is 7.10. The molecule has 1 aromatic heterocycles. The maximum absolute atomic E-state index is 12.4. The second kappa shape index (κ2) is 7.83. The van der Waals surface area contributed by atoms with Crippen molar-refractivity contribution in [2.45, 2.75) is 20.4 Å². The predicted molar refractivity (Wildman–Crippen MR) is 104 cm³/mol. The number of hydrogen-bond acceptors (Lipinski definition) is 3. The summed E-state index contributed by atoms with van der Waals surface area (Å²) in [7, 11) is 1.61. The molecule has 4 heteroatoms. The number of aryl methyl sites for hydroxylation is 1. The van der Waals surface area contributed by atoms with Crippen molar-refractivity contribution in [3.05, 3.63) is 88.8 Å². The summed E-state index contributed by atoms with van der Waals surface area (Å²) in [4.78, 5) is 12.4. The van der Waals surface area contributed by atoms with Crippen LogP contribution < -0.4 is 4.74 Å². The van der Waals surface area contributed by atoms with Gasteiger partial charge in [-0.2, -0.15) is 5.10 Å². The molecular weight excluding hydrogens is 324 g/mol. The van der Waals surface area contributed by atoms with E-state index in [-0.39, 0.29) is 5.78 Å². The number of carbonyl (C=O) groups excluding carboxylic acids is 1. The van der Waals surface area contributed by atoms with Crippen LogP contribution >= 0.6 is 0 Å². The van der Waals surface area contributed by atoms with Crippen molar-refractivity contribution in [3.8, 4) is 5.75 Å². The zero-order valence-electron chi connectivity index (χ0n) is 15.3. The third kappa shape index (κ3) is 3.91. The van der Waals surface area contributed by atoms with Gasteiger partial charge in [0.2, 0.25) is 0 Å². The van der Waals surface area contributed by atoms with Gasteiger partial charge in [0, 0.05) is 16.8 Å². The maximum Gasteiger partial charge on any atom is 0.185 e. The molecule has 0 bridgehead atoms. The van der Waals surface area contributed by atoms with Gasteiger partial charge < -0.3 is 4.74 Å². The lowest BCUT2D eigenvalue weighted by atomic mass is 10.1. The van der Waals surface area contributed by atoms with Crippen LogP contribution in [-0.2, 0) is 6.54 Å². The summed E-state index contributed by atoms with van der Waals surface area (Å²) in [6, 6.07) is 17.3. The van der Waals surface area contributed by atoms with Crippen LogP contribution in [0, 0.1) is 13.8 Å². The first kappa shape index (κ1) is 17.7. The molecule has 3 aromatic rings. The molecule has 0 aliphatic rings. The summed E-state index contributed by atoms with van der Waals surface area (Å²) >= 11 is 0. The van der Waals surface area contributed by atoms with E-state index in [9.17, 15) is 4.79 Å². The fourth-order valence-corrected chi connectivity index (χ4v) is 2.87. The normalized spacial score (nSPS) is 11.0. The topological polar surface area (TPSA) is 44.1 Å². The van der Waals surface area contributed by atoms with E-state index in [1.165, 1.54) is 5.56 Å². The molecular formula is C22H22N2O2. The molecule has 0 fully saturated rings. The predicted octanol–water partition coefficient (Wildman–Crippen LogP) is 4.45. The Hall–Kier alpha value is -3.14. The van der Waals surface area contributed by atoms with Gasteiger partial charge in [-0.15, -0.1) is 0 Å². The Morgan fingerprint density at radius 2 is 1.77 bits per heavy atom. The van der Waals surface area contributed by atoms with Crippen molar-refractivity contribution in [1.82, 2.24) is 9.78 Å². The molecule has 0 aliphatic carbocycles. The van der Waals surface area contributed by atoms with Crippen LogP contribution in [-0.4, -0.2) is 22.7 Å². The Kier molecular flexibility index (Phi) is 5.32. The van der Waals surface area contributed by atoms with E-state index in [1.54, 1.807) is 37.5 Å². The molecule has 2 aromatic carbocycles. The number of carbonyl (C=O) groups is 1. The van der Waals surface area contributed by atoms with Gasteiger partial charge in [-0.05, 0) is 55.8 Å². The van der Waals surface area contributed by atoms with E-state index in [4.69, 9.17) is 4.74 Å². The monoisotopic (exact) mass is 346 g/mol. The number of aromatic nitrogens is 2. The minimum Gasteiger partial charge on any atom is -0.497 e. The second-order valence-corrected chi connectivity index (χ2v) is 6.15. The summed E-state index contributed by atoms with van der Waals surface area (Å²) in [6.45, 7) is 4.71. The molecule has 0 saturated heterocycles. The average Bonchev–Trinajstić information content (AvgIpc) is 2.93. The van der Waals surface area contributed by atoms with Gasteiger partial charge in [0.1, 0.15) is 5.75 Å². The molecule has 4 nitrogen and oxygen atoms in total. The minimum atomic E-state index is -0.0396. The summed E-state index contributed by atoms with van der Waals surface area (Å²) in [5.41, 5.74) is 4.78. The van der Waals surface area contributed by atoms with E-state index < -0.39 is 0 Å². The zero-order chi connectivity index (χ0) is 18.5.